The van der Waals surface area contributed by atoms with E-state index in [1.54, 1.807) is 0 Å². The average Bonchev–Trinajstić information content (AvgIpc) is 3.64. The third-order valence-electron chi connectivity index (χ3n) is 6.04. The van der Waals surface area contributed by atoms with Gasteiger partial charge in [-0.15, -0.1) is 0 Å². The first-order valence-corrected chi connectivity index (χ1v) is 11.6. The fraction of sp³-hybridized carbons (Fsp3) is 0.357. The number of rotatable bonds is 10. The molecule has 0 saturated carbocycles. The molecule has 32 heavy (non-hydrogen) atoms. The van der Waals surface area contributed by atoms with Gasteiger partial charge in [0, 0.05) is 6.07 Å². The normalized spacial score (nSPS) is 17.6. The van der Waals surface area contributed by atoms with Crippen molar-refractivity contribution in [2.45, 2.75) is 38.4 Å². The highest BCUT2D eigenvalue weighted by Gasteiger charge is 2.24. The summed E-state index contributed by atoms with van der Waals surface area (Å²) in [5.74, 6) is 1.70. The van der Waals surface area contributed by atoms with Crippen LogP contribution in [-0.4, -0.2) is 38.6 Å². The number of ether oxygens (including phenoxy) is 4. The molecule has 0 aliphatic carbocycles. The molecule has 2 aliphatic rings. The van der Waals surface area contributed by atoms with Gasteiger partial charge in [-0.05, 0) is 59.2 Å². The SMILES string of the molecule is CCc1ccc(-c2ccc(CCc3cc(OCC4CO4)cc(OC4COC4)c3)cc2)cc1. The van der Waals surface area contributed by atoms with Crippen LogP contribution in [0.25, 0.3) is 11.1 Å². The van der Waals surface area contributed by atoms with Gasteiger partial charge in [0.2, 0.25) is 0 Å². The Labute approximate surface area is 190 Å². The molecule has 0 N–H and O–H groups in total. The minimum absolute atomic E-state index is 0.142. The van der Waals surface area contributed by atoms with Gasteiger partial charge in [0.1, 0.15) is 30.3 Å². The standard InChI is InChI=1S/C28H30O4/c1-2-20-5-9-23(10-6-20)24-11-7-21(8-12-24)3-4-22-13-25(30-18-27-19-31-27)15-26(14-22)32-28-16-29-17-28/h5-15,27-28H,2-4,16-19H2,1H3. The van der Waals surface area contributed by atoms with Gasteiger partial charge < -0.3 is 18.9 Å². The molecule has 0 amide bonds. The summed E-state index contributed by atoms with van der Waals surface area (Å²) >= 11 is 0. The molecule has 2 saturated heterocycles. The Balaban J connectivity index is 1.24. The van der Waals surface area contributed by atoms with Crippen molar-refractivity contribution in [1.29, 1.82) is 0 Å². The Morgan fingerprint density at radius 1 is 0.750 bits per heavy atom. The molecule has 1 atom stereocenters. The van der Waals surface area contributed by atoms with Crippen LogP contribution in [0.2, 0.25) is 0 Å². The van der Waals surface area contributed by atoms with Gasteiger partial charge >= 0.3 is 0 Å². The zero-order valence-electron chi connectivity index (χ0n) is 18.6. The Morgan fingerprint density at radius 3 is 1.97 bits per heavy atom. The van der Waals surface area contributed by atoms with Crippen molar-refractivity contribution in [3.05, 3.63) is 83.4 Å². The first-order valence-electron chi connectivity index (χ1n) is 11.6. The summed E-state index contributed by atoms with van der Waals surface area (Å²) in [6.45, 7) is 4.88. The molecule has 1 unspecified atom stereocenters. The zero-order valence-corrected chi connectivity index (χ0v) is 18.6. The summed E-state index contributed by atoms with van der Waals surface area (Å²) in [7, 11) is 0. The van der Waals surface area contributed by atoms with Gasteiger partial charge in [0.15, 0.2) is 0 Å². The smallest absolute Gasteiger partial charge is 0.145 e. The van der Waals surface area contributed by atoms with Crippen LogP contribution in [0.15, 0.2) is 66.7 Å². The minimum Gasteiger partial charge on any atom is -0.491 e. The second-order valence-corrected chi connectivity index (χ2v) is 8.60. The number of aryl methyl sites for hydroxylation is 3. The first kappa shape index (κ1) is 21.0. The summed E-state index contributed by atoms with van der Waals surface area (Å²) in [5, 5.41) is 0. The number of hydrogen-bond acceptors (Lipinski definition) is 4. The first-order chi connectivity index (χ1) is 15.7. The van der Waals surface area contributed by atoms with E-state index in [2.05, 4.69) is 67.6 Å². The third-order valence-corrected chi connectivity index (χ3v) is 6.04. The highest BCUT2D eigenvalue weighted by Crippen LogP contribution is 2.27. The van der Waals surface area contributed by atoms with E-state index in [0.29, 0.717) is 19.8 Å². The molecule has 2 fully saturated rings. The maximum Gasteiger partial charge on any atom is 0.145 e. The van der Waals surface area contributed by atoms with Crippen LogP contribution in [-0.2, 0) is 28.7 Å². The monoisotopic (exact) mass is 430 g/mol. The van der Waals surface area contributed by atoms with Crippen molar-refractivity contribution in [2.24, 2.45) is 0 Å². The molecule has 4 heteroatoms. The van der Waals surface area contributed by atoms with E-state index in [4.69, 9.17) is 18.9 Å². The highest BCUT2D eigenvalue weighted by atomic mass is 16.6. The van der Waals surface area contributed by atoms with Crippen LogP contribution in [0.5, 0.6) is 11.5 Å². The lowest BCUT2D eigenvalue weighted by Gasteiger charge is -2.27. The Kier molecular flexibility index (Phi) is 6.42. The van der Waals surface area contributed by atoms with Gasteiger partial charge in [-0.1, -0.05) is 55.5 Å². The summed E-state index contributed by atoms with van der Waals surface area (Å²) in [4.78, 5) is 0. The fourth-order valence-electron chi connectivity index (χ4n) is 3.84. The van der Waals surface area contributed by atoms with Crippen molar-refractivity contribution in [3.8, 4) is 22.6 Å². The highest BCUT2D eigenvalue weighted by molar-refractivity contribution is 5.64. The molecule has 2 aliphatic heterocycles. The molecule has 0 aromatic heterocycles. The van der Waals surface area contributed by atoms with Crippen LogP contribution in [0.3, 0.4) is 0 Å². The van der Waals surface area contributed by atoms with Crippen LogP contribution < -0.4 is 9.47 Å². The predicted molar refractivity (Wildman–Crippen MR) is 126 cm³/mol. The number of epoxide rings is 1. The van der Waals surface area contributed by atoms with Gasteiger partial charge in [0.25, 0.3) is 0 Å². The number of benzene rings is 3. The predicted octanol–water partition coefficient (Wildman–Crippen LogP) is 5.26. The topological polar surface area (TPSA) is 40.2 Å². The molecule has 3 aromatic carbocycles. The Bertz CT molecular complexity index is 1020. The van der Waals surface area contributed by atoms with Crippen LogP contribution in [0, 0.1) is 0 Å². The lowest BCUT2D eigenvalue weighted by Crippen LogP contribution is -2.38. The summed E-state index contributed by atoms with van der Waals surface area (Å²) < 4.78 is 22.5. The molecule has 2 heterocycles. The zero-order chi connectivity index (χ0) is 21.8. The molecule has 0 bridgehead atoms. The van der Waals surface area contributed by atoms with Crippen LogP contribution in [0.4, 0.5) is 0 Å². The molecule has 4 nitrogen and oxygen atoms in total. The maximum atomic E-state index is 6.05. The van der Waals surface area contributed by atoms with E-state index >= 15 is 0 Å². The molecular weight excluding hydrogens is 400 g/mol. The van der Waals surface area contributed by atoms with Crippen LogP contribution >= 0.6 is 0 Å². The van der Waals surface area contributed by atoms with Crippen LogP contribution in [0.1, 0.15) is 23.6 Å². The van der Waals surface area contributed by atoms with E-state index in [1.165, 1.54) is 27.8 Å². The van der Waals surface area contributed by atoms with E-state index in [-0.39, 0.29) is 12.2 Å². The lowest BCUT2D eigenvalue weighted by molar-refractivity contribution is -0.0797. The van der Waals surface area contributed by atoms with E-state index in [1.807, 2.05) is 6.07 Å². The largest absolute Gasteiger partial charge is 0.491 e. The van der Waals surface area contributed by atoms with Gasteiger partial charge in [-0.2, -0.15) is 0 Å². The van der Waals surface area contributed by atoms with E-state index in [0.717, 1.165) is 37.4 Å². The summed E-state index contributed by atoms with van der Waals surface area (Å²) in [6.07, 6.45) is 3.35. The molecule has 166 valence electrons. The third kappa shape index (κ3) is 5.50. The molecule has 3 aromatic rings. The quantitative estimate of drug-likeness (QED) is 0.412. The molecule has 0 spiro atoms. The van der Waals surface area contributed by atoms with Gasteiger partial charge in [-0.3, -0.25) is 0 Å². The molecular formula is C28H30O4. The second-order valence-electron chi connectivity index (χ2n) is 8.60. The van der Waals surface area contributed by atoms with Crippen molar-refractivity contribution >= 4 is 0 Å². The number of hydrogen-bond donors (Lipinski definition) is 0. The van der Waals surface area contributed by atoms with E-state index in [9.17, 15) is 0 Å². The van der Waals surface area contributed by atoms with Gasteiger partial charge in [-0.25, -0.2) is 0 Å². The minimum atomic E-state index is 0.142. The van der Waals surface area contributed by atoms with Gasteiger partial charge in [0.05, 0.1) is 19.8 Å². The van der Waals surface area contributed by atoms with Crippen molar-refractivity contribution in [1.82, 2.24) is 0 Å². The van der Waals surface area contributed by atoms with Crippen molar-refractivity contribution in [2.75, 3.05) is 26.4 Å². The van der Waals surface area contributed by atoms with Crippen molar-refractivity contribution < 1.29 is 18.9 Å². The van der Waals surface area contributed by atoms with E-state index < -0.39 is 0 Å². The molecule has 5 rings (SSSR count). The average molecular weight is 431 g/mol. The lowest BCUT2D eigenvalue weighted by atomic mass is 9.99. The maximum absolute atomic E-state index is 6.05. The second kappa shape index (κ2) is 9.76. The molecule has 0 radical (unpaired) electrons. The fourth-order valence-corrected chi connectivity index (χ4v) is 3.84. The Hall–Kier alpha value is -2.82. The van der Waals surface area contributed by atoms with Crippen molar-refractivity contribution in [3.63, 3.8) is 0 Å². The summed E-state index contributed by atoms with van der Waals surface area (Å²) in [5.41, 5.74) is 6.43. The Morgan fingerprint density at radius 2 is 1.38 bits per heavy atom. The summed E-state index contributed by atoms with van der Waals surface area (Å²) in [6, 6.07) is 24.0.